The fourth-order valence-corrected chi connectivity index (χ4v) is 4.99. The van der Waals surface area contributed by atoms with Crippen molar-refractivity contribution < 1.29 is 8.42 Å². The van der Waals surface area contributed by atoms with E-state index in [2.05, 4.69) is 33.0 Å². The van der Waals surface area contributed by atoms with E-state index in [0.29, 0.717) is 23.3 Å². The van der Waals surface area contributed by atoms with Gasteiger partial charge in [-0.2, -0.15) is 0 Å². The third-order valence-electron chi connectivity index (χ3n) is 4.12. The van der Waals surface area contributed by atoms with Crippen molar-refractivity contribution in [1.82, 2.24) is 5.32 Å². The van der Waals surface area contributed by atoms with Crippen LogP contribution in [0.25, 0.3) is 0 Å². The first kappa shape index (κ1) is 16.0. The standard InChI is InChI=1S/C14H29NO2S/c1-5-7-14(4,11-15-9-12(2)3)13-6-8-18(16,17)10-13/h12-13,15H,5-11H2,1-4H3. The van der Waals surface area contributed by atoms with Crippen molar-refractivity contribution in [3.63, 3.8) is 0 Å². The fourth-order valence-electron chi connectivity index (χ4n) is 3.00. The summed E-state index contributed by atoms with van der Waals surface area (Å²) in [6.07, 6.45) is 3.08. The second-order valence-corrected chi connectivity index (χ2v) is 8.76. The Kier molecular flexibility index (Phi) is 5.66. The SMILES string of the molecule is CCCC(C)(CNCC(C)C)C1CCS(=O)(=O)C1. The Morgan fingerprint density at radius 1 is 1.39 bits per heavy atom. The van der Waals surface area contributed by atoms with Gasteiger partial charge in [-0.15, -0.1) is 0 Å². The maximum atomic E-state index is 11.7. The van der Waals surface area contributed by atoms with Crippen LogP contribution in [0, 0.1) is 17.3 Å². The number of sulfone groups is 1. The highest BCUT2D eigenvalue weighted by Gasteiger charge is 2.40. The fraction of sp³-hybridized carbons (Fsp3) is 1.00. The van der Waals surface area contributed by atoms with Crippen LogP contribution >= 0.6 is 0 Å². The summed E-state index contributed by atoms with van der Waals surface area (Å²) in [6, 6.07) is 0. The molecule has 1 saturated heterocycles. The molecular formula is C14H29NO2S. The number of nitrogens with one attached hydrogen (secondary N) is 1. The minimum atomic E-state index is -2.77. The van der Waals surface area contributed by atoms with E-state index in [0.717, 1.165) is 32.4 Å². The molecule has 0 aromatic heterocycles. The maximum Gasteiger partial charge on any atom is 0.150 e. The normalized spacial score (nSPS) is 26.4. The molecule has 0 amide bonds. The lowest BCUT2D eigenvalue weighted by Crippen LogP contribution is -2.40. The summed E-state index contributed by atoms with van der Waals surface area (Å²) in [5.74, 6) is 1.76. The van der Waals surface area contributed by atoms with Crippen molar-refractivity contribution in [3.05, 3.63) is 0 Å². The predicted molar refractivity (Wildman–Crippen MR) is 77.5 cm³/mol. The van der Waals surface area contributed by atoms with Crippen LogP contribution in [0.3, 0.4) is 0 Å². The number of hydrogen-bond donors (Lipinski definition) is 1. The molecule has 1 rings (SSSR count). The average Bonchev–Trinajstić information content (AvgIpc) is 2.59. The third-order valence-corrected chi connectivity index (χ3v) is 5.89. The summed E-state index contributed by atoms with van der Waals surface area (Å²) < 4.78 is 23.3. The van der Waals surface area contributed by atoms with Gasteiger partial charge in [-0.05, 0) is 36.6 Å². The molecule has 0 aromatic rings. The molecule has 1 N–H and O–H groups in total. The predicted octanol–water partition coefficient (Wildman–Crippen LogP) is 2.47. The van der Waals surface area contributed by atoms with E-state index >= 15 is 0 Å². The molecule has 108 valence electrons. The van der Waals surface area contributed by atoms with Gasteiger partial charge in [0.25, 0.3) is 0 Å². The smallest absolute Gasteiger partial charge is 0.150 e. The van der Waals surface area contributed by atoms with E-state index < -0.39 is 9.84 Å². The minimum absolute atomic E-state index is 0.132. The maximum absolute atomic E-state index is 11.7. The van der Waals surface area contributed by atoms with Gasteiger partial charge >= 0.3 is 0 Å². The molecule has 2 unspecified atom stereocenters. The van der Waals surface area contributed by atoms with Gasteiger partial charge in [-0.25, -0.2) is 8.42 Å². The van der Waals surface area contributed by atoms with Gasteiger partial charge in [0.05, 0.1) is 11.5 Å². The Morgan fingerprint density at radius 3 is 2.50 bits per heavy atom. The quantitative estimate of drug-likeness (QED) is 0.776. The lowest BCUT2D eigenvalue weighted by atomic mass is 9.73. The Morgan fingerprint density at radius 2 is 2.06 bits per heavy atom. The Balaban J connectivity index is 2.62. The Bertz CT molecular complexity index is 351. The van der Waals surface area contributed by atoms with Crippen LogP contribution in [-0.4, -0.2) is 33.0 Å². The first-order valence-corrected chi connectivity index (χ1v) is 9.02. The number of hydrogen-bond acceptors (Lipinski definition) is 3. The highest BCUT2D eigenvalue weighted by molar-refractivity contribution is 7.91. The number of rotatable bonds is 7. The van der Waals surface area contributed by atoms with E-state index in [1.807, 2.05) is 0 Å². The van der Waals surface area contributed by atoms with Gasteiger partial charge in [0.1, 0.15) is 0 Å². The van der Waals surface area contributed by atoms with Crippen molar-refractivity contribution in [2.75, 3.05) is 24.6 Å². The largest absolute Gasteiger partial charge is 0.316 e. The van der Waals surface area contributed by atoms with E-state index in [9.17, 15) is 8.42 Å². The van der Waals surface area contributed by atoms with Crippen LogP contribution in [-0.2, 0) is 9.84 Å². The van der Waals surface area contributed by atoms with Gasteiger partial charge in [-0.3, -0.25) is 0 Å². The van der Waals surface area contributed by atoms with Crippen LogP contribution in [0.4, 0.5) is 0 Å². The molecule has 0 bridgehead atoms. The summed E-state index contributed by atoms with van der Waals surface area (Å²) in [6.45, 7) is 10.8. The third kappa shape index (κ3) is 4.54. The lowest BCUT2D eigenvalue weighted by Gasteiger charge is -2.35. The molecule has 0 radical (unpaired) electrons. The lowest BCUT2D eigenvalue weighted by molar-refractivity contribution is 0.177. The summed E-state index contributed by atoms with van der Waals surface area (Å²) in [4.78, 5) is 0. The van der Waals surface area contributed by atoms with Gasteiger partial charge in [0.2, 0.25) is 0 Å². The molecule has 4 heteroatoms. The molecule has 0 aromatic carbocycles. The summed E-state index contributed by atoms with van der Waals surface area (Å²) >= 11 is 0. The first-order valence-electron chi connectivity index (χ1n) is 7.20. The van der Waals surface area contributed by atoms with Crippen molar-refractivity contribution in [2.24, 2.45) is 17.3 Å². The minimum Gasteiger partial charge on any atom is -0.316 e. The zero-order valence-corrected chi connectivity index (χ0v) is 13.1. The Labute approximate surface area is 113 Å². The Hall–Kier alpha value is -0.0900. The highest BCUT2D eigenvalue weighted by atomic mass is 32.2. The van der Waals surface area contributed by atoms with Crippen molar-refractivity contribution >= 4 is 9.84 Å². The molecule has 18 heavy (non-hydrogen) atoms. The molecule has 2 atom stereocenters. The van der Waals surface area contributed by atoms with Crippen LogP contribution in [0.15, 0.2) is 0 Å². The zero-order chi connectivity index (χ0) is 13.8. The zero-order valence-electron chi connectivity index (χ0n) is 12.3. The van der Waals surface area contributed by atoms with E-state index in [-0.39, 0.29) is 5.41 Å². The second-order valence-electron chi connectivity index (χ2n) is 6.53. The van der Waals surface area contributed by atoms with Gasteiger partial charge in [0, 0.05) is 6.54 Å². The van der Waals surface area contributed by atoms with E-state index in [1.165, 1.54) is 0 Å². The second kappa shape index (κ2) is 6.38. The summed E-state index contributed by atoms with van der Waals surface area (Å²) in [5, 5.41) is 3.52. The molecule has 1 heterocycles. The molecule has 1 aliphatic rings. The molecular weight excluding hydrogens is 246 g/mol. The topological polar surface area (TPSA) is 46.2 Å². The van der Waals surface area contributed by atoms with Gasteiger partial charge in [-0.1, -0.05) is 34.1 Å². The first-order chi connectivity index (χ1) is 8.29. The highest BCUT2D eigenvalue weighted by Crippen LogP contribution is 2.39. The van der Waals surface area contributed by atoms with Gasteiger partial charge in [0.15, 0.2) is 9.84 Å². The van der Waals surface area contributed by atoms with E-state index in [4.69, 9.17) is 0 Å². The molecule has 3 nitrogen and oxygen atoms in total. The van der Waals surface area contributed by atoms with Crippen molar-refractivity contribution in [1.29, 1.82) is 0 Å². The molecule has 1 aliphatic heterocycles. The molecule has 0 saturated carbocycles. The van der Waals surface area contributed by atoms with Crippen LogP contribution in [0.5, 0.6) is 0 Å². The van der Waals surface area contributed by atoms with Crippen LogP contribution in [0.2, 0.25) is 0 Å². The molecule has 0 spiro atoms. The average molecular weight is 275 g/mol. The summed E-state index contributed by atoms with van der Waals surface area (Å²) in [5.41, 5.74) is 0.132. The monoisotopic (exact) mass is 275 g/mol. The molecule has 1 fully saturated rings. The van der Waals surface area contributed by atoms with Crippen molar-refractivity contribution in [3.8, 4) is 0 Å². The molecule has 0 aliphatic carbocycles. The van der Waals surface area contributed by atoms with Crippen LogP contribution < -0.4 is 5.32 Å². The summed E-state index contributed by atoms with van der Waals surface area (Å²) in [7, 11) is -2.77. The van der Waals surface area contributed by atoms with Crippen molar-refractivity contribution in [2.45, 2.75) is 47.0 Å². The van der Waals surface area contributed by atoms with Crippen LogP contribution in [0.1, 0.15) is 47.0 Å². The van der Waals surface area contributed by atoms with Gasteiger partial charge < -0.3 is 5.32 Å². The van der Waals surface area contributed by atoms with E-state index in [1.54, 1.807) is 0 Å².